The summed E-state index contributed by atoms with van der Waals surface area (Å²) in [5, 5.41) is 3.85. The molecule has 0 saturated carbocycles. The van der Waals surface area contributed by atoms with Crippen molar-refractivity contribution in [3.05, 3.63) is 24.5 Å². The summed E-state index contributed by atoms with van der Waals surface area (Å²) in [6.07, 6.45) is 2.24. The normalized spacial score (nSPS) is 13.2. The van der Waals surface area contributed by atoms with E-state index in [4.69, 9.17) is 5.73 Å². The number of hydrogen-bond donors (Lipinski definition) is 1. The largest absolute Gasteiger partial charge is 0.323 e. The number of alkyl halides is 2. The van der Waals surface area contributed by atoms with E-state index in [-0.39, 0.29) is 6.42 Å². The van der Waals surface area contributed by atoms with Crippen molar-refractivity contribution in [1.82, 2.24) is 9.78 Å². The van der Waals surface area contributed by atoms with Gasteiger partial charge >= 0.3 is 0 Å². The predicted octanol–water partition coefficient (Wildman–Crippen LogP) is 1.12. The van der Waals surface area contributed by atoms with E-state index in [1.54, 1.807) is 6.20 Å². The summed E-state index contributed by atoms with van der Waals surface area (Å²) in [6, 6.07) is -1.12. The van der Waals surface area contributed by atoms with Crippen LogP contribution < -0.4 is 5.73 Å². The van der Waals surface area contributed by atoms with E-state index in [0.29, 0.717) is 5.56 Å². The topological polar surface area (TPSA) is 43.8 Å². The Morgan fingerprint density at radius 1 is 1.69 bits per heavy atom. The second-order valence-electron chi connectivity index (χ2n) is 2.71. The molecule has 5 heteroatoms. The SMILES string of the molecule is C=Cn1cc(CC(N)C(F)F)cn1. The van der Waals surface area contributed by atoms with E-state index in [1.807, 2.05) is 0 Å². The van der Waals surface area contributed by atoms with Gasteiger partial charge in [0.2, 0.25) is 0 Å². The summed E-state index contributed by atoms with van der Waals surface area (Å²) in [4.78, 5) is 0. The van der Waals surface area contributed by atoms with Crippen LogP contribution in [0.2, 0.25) is 0 Å². The molecule has 1 rings (SSSR count). The maximum absolute atomic E-state index is 12.0. The lowest BCUT2D eigenvalue weighted by Crippen LogP contribution is -2.30. The summed E-state index contributed by atoms with van der Waals surface area (Å²) < 4.78 is 25.5. The Kier molecular flexibility index (Phi) is 3.13. The maximum Gasteiger partial charge on any atom is 0.253 e. The third-order valence-corrected chi connectivity index (χ3v) is 1.64. The van der Waals surface area contributed by atoms with Crippen LogP contribution in [0.15, 0.2) is 19.0 Å². The Hall–Kier alpha value is -1.23. The number of nitrogens with two attached hydrogens (primary N) is 1. The number of hydrogen-bond acceptors (Lipinski definition) is 2. The highest BCUT2D eigenvalue weighted by molar-refractivity contribution is 5.18. The van der Waals surface area contributed by atoms with Crippen LogP contribution in [0, 0.1) is 0 Å². The van der Waals surface area contributed by atoms with Crippen LogP contribution in [0.4, 0.5) is 8.78 Å². The minimum absolute atomic E-state index is 0.130. The minimum atomic E-state index is -2.49. The van der Waals surface area contributed by atoms with Gasteiger partial charge in [-0.15, -0.1) is 0 Å². The van der Waals surface area contributed by atoms with Crippen molar-refractivity contribution in [1.29, 1.82) is 0 Å². The predicted molar refractivity (Wildman–Crippen MR) is 46.3 cm³/mol. The van der Waals surface area contributed by atoms with Crippen molar-refractivity contribution in [3.63, 3.8) is 0 Å². The van der Waals surface area contributed by atoms with Gasteiger partial charge in [-0.1, -0.05) is 6.58 Å². The van der Waals surface area contributed by atoms with Crippen molar-refractivity contribution in [2.75, 3.05) is 0 Å². The van der Waals surface area contributed by atoms with E-state index in [2.05, 4.69) is 11.7 Å². The molecule has 1 atom stereocenters. The summed E-state index contributed by atoms with van der Waals surface area (Å²) >= 11 is 0. The van der Waals surface area contributed by atoms with Gasteiger partial charge in [0, 0.05) is 12.4 Å². The highest BCUT2D eigenvalue weighted by atomic mass is 19.3. The second-order valence-corrected chi connectivity index (χ2v) is 2.71. The van der Waals surface area contributed by atoms with Crippen LogP contribution in [0.1, 0.15) is 5.56 Å². The molecule has 3 nitrogen and oxygen atoms in total. The Morgan fingerprint density at radius 3 is 2.85 bits per heavy atom. The summed E-state index contributed by atoms with van der Waals surface area (Å²) in [5.41, 5.74) is 5.87. The van der Waals surface area contributed by atoms with Crippen LogP contribution in [-0.2, 0) is 6.42 Å². The number of nitrogens with zero attached hydrogens (tertiary/aromatic N) is 2. The summed E-state index contributed by atoms with van der Waals surface area (Å²) in [5.74, 6) is 0. The van der Waals surface area contributed by atoms with E-state index < -0.39 is 12.5 Å². The fraction of sp³-hybridized carbons (Fsp3) is 0.375. The minimum Gasteiger partial charge on any atom is -0.323 e. The van der Waals surface area contributed by atoms with Crippen LogP contribution in [-0.4, -0.2) is 22.2 Å². The van der Waals surface area contributed by atoms with Crippen molar-refractivity contribution < 1.29 is 8.78 Å². The lowest BCUT2D eigenvalue weighted by Gasteiger charge is -2.07. The first-order valence-corrected chi connectivity index (χ1v) is 3.83. The third kappa shape index (κ3) is 2.62. The fourth-order valence-corrected chi connectivity index (χ4v) is 0.944. The zero-order valence-electron chi connectivity index (χ0n) is 7.03. The molecule has 0 fully saturated rings. The first-order chi connectivity index (χ1) is 6.13. The van der Waals surface area contributed by atoms with Gasteiger partial charge in [0.15, 0.2) is 0 Å². The Morgan fingerprint density at radius 2 is 2.38 bits per heavy atom. The van der Waals surface area contributed by atoms with Gasteiger partial charge in [0.25, 0.3) is 6.43 Å². The van der Waals surface area contributed by atoms with Crippen molar-refractivity contribution >= 4 is 6.20 Å². The Labute approximate surface area is 74.8 Å². The molecule has 0 saturated heterocycles. The highest BCUT2D eigenvalue weighted by Crippen LogP contribution is 2.06. The molecule has 0 bridgehead atoms. The molecular weight excluding hydrogens is 176 g/mol. The molecule has 72 valence electrons. The molecule has 1 heterocycles. The van der Waals surface area contributed by atoms with Crippen LogP contribution >= 0.6 is 0 Å². The molecular formula is C8H11F2N3. The monoisotopic (exact) mass is 187 g/mol. The first-order valence-electron chi connectivity index (χ1n) is 3.83. The lowest BCUT2D eigenvalue weighted by molar-refractivity contribution is 0.116. The molecule has 0 aliphatic heterocycles. The number of halogens is 2. The molecule has 0 radical (unpaired) electrons. The van der Waals surface area contributed by atoms with Gasteiger partial charge < -0.3 is 5.73 Å². The molecule has 1 aromatic heterocycles. The van der Waals surface area contributed by atoms with Crippen molar-refractivity contribution in [2.24, 2.45) is 5.73 Å². The fourth-order valence-electron chi connectivity index (χ4n) is 0.944. The van der Waals surface area contributed by atoms with Gasteiger partial charge in [0.1, 0.15) is 0 Å². The standard InChI is InChI=1S/C8H11F2N3/c1-2-13-5-6(4-12-13)3-7(11)8(9)10/h2,4-5,7-8H,1,3,11H2. The zero-order valence-corrected chi connectivity index (χ0v) is 7.03. The molecule has 0 amide bonds. The molecule has 2 N–H and O–H groups in total. The molecule has 1 aromatic rings. The van der Waals surface area contributed by atoms with Gasteiger partial charge in [-0.05, 0) is 12.0 Å². The van der Waals surface area contributed by atoms with Gasteiger partial charge in [-0.25, -0.2) is 13.5 Å². The summed E-state index contributed by atoms with van der Waals surface area (Å²) in [7, 11) is 0. The van der Waals surface area contributed by atoms with Crippen LogP contribution in [0.3, 0.4) is 0 Å². The molecule has 0 spiro atoms. The smallest absolute Gasteiger partial charge is 0.253 e. The quantitative estimate of drug-likeness (QED) is 0.767. The summed E-state index contributed by atoms with van der Waals surface area (Å²) in [6.45, 7) is 3.48. The van der Waals surface area contributed by atoms with E-state index in [0.717, 1.165) is 0 Å². The van der Waals surface area contributed by atoms with E-state index in [1.165, 1.54) is 17.1 Å². The Bertz CT molecular complexity index is 283. The van der Waals surface area contributed by atoms with E-state index >= 15 is 0 Å². The molecule has 1 unspecified atom stereocenters. The zero-order chi connectivity index (χ0) is 9.84. The van der Waals surface area contributed by atoms with E-state index in [9.17, 15) is 8.78 Å². The number of rotatable bonds is 4. The Balaban J connectivity index is 2.58. The lowest BCUT2D eigenvalue weighted by atomic mass is 10.1. The van der Waals surface area contributed by atoms with Crippen LogP contribution in [0.5, 0.6) is 0 Å². The molecule has 0 aliphatic carbocycles. The average molecular weight is 187 g/mol. The highest BCUT2D eigenvalue weighted by Gasteiger charge is 2.15. The van der Waals surface area contributed by atoms with Gasteiger partial charge in [-0.2, -0.15) is 5.10 Å². The van der Waals surface area contributed by atoms with Crippen molar-refractivity contribution in [3.8, 4) is 0 Å². The average Bonchev–Trinajstić information content (AvgIpc) is 2.52. The molecule has 0 aliphatic rings. The maximum atomic E-state index is 12.0. The van der Waals surface area contributed by atoms with Gasteiger partial charge in [0.05, 0.1) is 12.2 Å². The molecule has 0 aromatic carbocycles. The van der Waals surface area contributed by atoms with Crippen LogP contribution in [0.25, 0.3) is 6.20 Å². The second kappa shape index (κ2) is 4.13. The van der Waals surface area contributed by atoms with Gasteiger partial charge in [-0.3, -0.25) is 0 Å². The first kappa shape index (κ1) is 9.85. The molecule has 13 heavy (non-hydrogen) atoms. The number of aromatic nitrogens is 2. The van der Waals surface area contributed by atoms with Crippen molar-refractivity contribution in [2.45, 2.75) is 18.9 Å². The third-order valence-electron chi connectivity index (χ3n) is 1.64.